The SMILES string of the molecule is CCC(C)(C)c1ccc(C(NC)c2ccccc2I)cc1. The van der Waals surface area contributed by atoms with Crippen molar-refractivity contribution in [1.29, 1.82) is 0 Å². The van der Waals surface area contributed by atoms with E-state index in [1.165, 1.54) is 20.3 Å². The van der Waals surface area contributed by atoms with E-state index in [1.54, 1.807) is 0 Å². The molecule has 2 aromatic rings. The summed E-state index contributed by atoms with van der Waals surface area (Å²) >= 11 is 2.41. The highest BCUT2D eigenvalue weighted by molar-refractivity contribution is 14.1. The molecule has 0 saturated heterocycles. The lowest BCUT2D eigenvalue weighted by molar-refractivity contribution is 0.506. The minimum Gasteiger partial charge on any atom is -0.309 e. The van der Waals surface area contributed by atoms with Gasteiger partial charge in [-0.2, -0.15) is 0 Å². The molecular weight excluding hydrogens is 369 g/mol. The normalized spacial score (nSPS) is 13.2. The van der Waals surface area contributed by atoms with Crippen LogP contribution in [0.25, 0.3) is 0 Å². The van der Waals surface area contributed by atoms with E-state index >= 15 is 0 Å². The van der Waals surface area contributed by atoms with Crippen molar-refractivity contribution >= 4 is 22.6 Å². The third-order valence-corrected chi connectivity index (χ3v) is 5.40. The Hall–Kier alpha value is -0.870. The highest BCUT2D eigenvalue weighted by Crippen LogP contribution is 2.30. The number of halogens is 1. The topological polar surface area (TPSA) is 12.0 Å². The zero-order valence-electron chi connectivity index (χ0n) is 13.3. The Morgan fingerprint density at radius 3 is 2.19 bits per heavy atom. The van der Waals surface area contributed by atoms with Crippen LogP contribution in [0.15, 0.2) is 48.5 Å². The number of rotatable bonds is 5. The van der Waals surface area contributed by atoms with Gasteiger partial charge in [-0.05, 0) is 64.2 Å². The first-order chi connectivity index (χ1) is 9.99. The van der Waals surface area contributed by atoms with E-state index in [0.29, 0.717) is 0 Å². The average molecular weight is 393 g/mol. The first-order valence-electron chi connectivity index (χ1n) is 7.51. The lowest BCUT2D eigenvalue weighted by atomic mass is 9.81. The third kappa shape index (κ3) is 3.67. The summed E-state index contributed by atoms with van der Waals surface area (Å²) in [5.41, 5.74) is 4.31. The fraction of sp³-hybridized carbons (Fsp3) is 0.368. The van der Waals surface area contributed by atoms with Crippen molar-refractivity contribution < 1.29 is 0 Å². The zero-order valence-corrected chi connectivity index (χ0v) is 15.4. The molecule has 1 nitrogen and oxygen atoms in total. The molecule has 0 amide bonds. The van der Waals surface area contributed by atoms with E-state index in [-0.39, 0.29) is 11.5 Å². The number of hydrogen-bond acceptors (Lipinski definition) is 1. The van der Waals surface area contributed by atoms with Crippen LogP contribution in [0, 0.1) is 3.57 Å². The first kappa shape index (κ1) is 16.5. The van der Waals surface area contributed by atoms with E-state index in [9.17, 15) is 0 Å². The number of hydrogen-bond donors (Lipinski definition) is 1. The van der Waals surface area contributed by atoms with Gasteiger partial charge in [-0.1, -0.05) is 63.2 Å². The van der Waals surface area contributed by atoms with E-state index in [0.717, 1.165) is 6.42 Å². The van der Waals surface area contributed by atoms with Crippen molar-refractivity contribution in [2.75, 3.05) is 7.05 Å². The van der Waals surface area contributed by atoms with Crippen LogP contribution in [-0.2, 0) is 5.41 Å². The van der Waals surface area contributed by atoms with Crippen molar-refractivity contribution in [3.63, 3.8) is 0 Å². The molecule has 2 heteroatoms. The molecule has 0 radical (unpaired) electrons. The molecular formula is C19H24IN. The quantitative estimate of drug-likeness (QED) is 0.681. The Morgan fingerprint density at radius 2 is 1.67 bits per heavy atom. The molecule has 0 aromatic heterocycles. The molecule has 0 fully saturated rings. The van der Waals surface area contributed by atoms with E-state index in [1.807, 2.05) is 7.05 Å². The minimum atomic E-state index is 0.245. The van der Waals surface area contributed by atoms with Gasteiger partial charge in [-0.25, -0.2) is 0 Å². The van der Waals surface area contributed by atoms with Gasteiger partial charge in [0, 0.05) is 3.57 Å². The monoisotopic (exact) mass is 393 g/mol. The lowest BCUT2D eigenvalue weighted by Gasteiger charge is -2.25. The summed E-state index contributed by atoms with van der Waals surface area (Å²) in [4.78, 5) is 0. The summed E-state index contributed by atoms with van der Waals surface area (Å²) in [6, 6.07) is 17.9. The molecule has 2 rings (SSSR count). The van der Waals surface area contributed by atoms with Crippen LogP contribution in [0.4, 0.5) is 0 Å². The third-order valence-electron chi connectivity index (χ3n) is 4.41. The summed E-state index contributed by atoms with van der Waals surface area (Å²) in [5.74, 6) is 0. The van der Waals surface area contributed by atoms with Gasteiger partial charge in [-0.15, -0.1) is 0 Å². The summed E-state index contributed by atoms with van der Waals surface area (Å²) in [6.07, 6.45) is 1.15. The van der Waals surface area contributed by atoms with Gasteiger partial charge in [0.1, 0.15) is 0 Å². The van der Waals surface area contributed by atoms with Gasteiger partial charge >= 0.3 is 0 Å². The number of nitrogens with one attached hydrogen (secondary N) is 1. The van der Waals surface area contributed by atoms with Gasteiger partial charge in [0.25, 0.3) is 0 Å². The Balaban J connectivity index is 2.34. The van der Waals surface area contributed by atoms with E-state index < -0.39 is 0 Å². The molecule has 1 unspecified atom stereocenters. The highest BCUT2D eigenvalue weighted by Gasteiger charge is 2.19. The van der Waals surface area contributed by atoms with Crippen LogP contribution >= 0.6 is 22.6 Å². The molecule has 0 aliphatic heterocycles. The maximum Gasteiger partial charge on any atom is 0.0584 e. The van der Waals surface area contributed by atoms with Crippen molar-refractivity contribution in [1.82, 2.24) is 5.32 Å². The molecule has 1 N–H and O–H groups in total. The Bertz CT molecular complexity index is 587. The van der Waals surface area contributed by atoms with Crippen molar-refractivity contribution in [2.24, 2.45) is 0 Å². The fourth-order valence-electron chi connectivity index (χ4n) is 2.54. The van der Waals surface area contributed by atoms with Gasteiger partial charge in [0.05, 0.1) is 6.04 Å². The summed E-state index contributed by atoms with van der Waals surface area (Å²) in [6.45, 7) is 6.85. The molecule has 2 aromatic carbocycles. The fourth-order valence-corrected chi connectivity index (χ4v) is 3.24. The van der Waals surface area contributed by atoms with E-state index in [2.05, 4.69) is 97.2 Å². The standard InChI is InChI=1S/C19H24IN/c1-5-19(2,3)15-12-10-14(11-13-15)18(21-4)16-8-6-7-9-17(16)20/h6-13,18,21H,5H2,1-4H3. The lowest BCUT2D eigenvalue weighted by Crippen LogP contribution is -2.20. The van der Waals surface area contributed by atoms with Crippen molar-refractivity contribution in [3.8, 4) is 0 Å². The maximum absolute atomic E-state index is 3.44. The molecule has 0 spiro atoms. The highest BCUT2D eigenvalue weighted by atomic mass is 127. The van der Waals surface area contributed by atoms with Crippen LogP contribution in [-0.4, -0.2) is 7.05 Å². The molecule has 1 atom stereocenters. The second-order valence-electron chi connectivity index (χ2n) is 6.10. The summed E-state index contributed by atoms with van der Waals surface area (Å²) in [5, 5.41) is 3.44. The molecule has 21 heavy (non-hydrogen) atoms. The molecule has 0 bridgehead atoms. The molecule has 0 heterocycles. The van der Waals surface area contributed by atoms with Crippen LogP contribution in [0.5, 0.6) is 0 Å². The largest absolute Gasteiger partial charge is 0.309 e. The number of benzene rings is 2. The van der Waals surface area contributed by atoms with Gasteiger partial charge in [-0.3, -0.25) is 0 Å². The van der Waals surface area contributed by atoms with Crippen LogP contribution < -0.4 is 5.32 Å². The predicted molar refractivity (Wildman–Crippen MR) is 99.8 cm³/mol. The maximum atomic E-state index is 3.44. The Morgan fingerprint density at radius 1 is 1.05 bits per heavy atom. The van der Waals surface area contributed by atoms with Crippen LogP contribution in [0.2, 0.25) is 0 Å². The average Bonchev–Trinajstić information content (AvgIpc) is 2.50. The van der Waals surface area contributed by atoms with Gasteiger partial charge in [0.2, 0.25) is 0 Å². The first-order valence-corrected chi connectivity index (χ1v) is 8.59. The zero-order chi connectivity index (χ0) is 15.5. The van der Waals surface area contributed by atoms with Gasteiger partial charge < -0.3 is 5.32 Å². The molecule has 112 valence electrons. The van der Waals surface area contributed by atoms with E-state index in [4.69, 9.17) is 0 Å². The van der Waals surface area contributed by atoms with Crippen molar-refractivity contribution in [3.05, 3.63) is 68.8 Å². The molecule has 0 saturated carbocycles. The van der Waals surface area contributed by atoms with Crippen molar-refractivity contribution in [2.45, 2.75) is 38.6 Å². The predicted octanol–water partition coefficient (Wildman–Crippen LogP) is 5.29. The van der Waals surface area contributed by atoms with Gasteiger partial charge in [0.15, 0.2) is 0 Å². The second-order valence-corrected chi connectivity index (χ2v) is 7.26. The summed E-state index contributed by atoms with van der Waals surface area (Å²) in [7, 11) is 2.03. The minimum absolute atomic E-state index is 0.245. The second kappa shape index (κ2) is 6.93. The molecule has 0 aliphatic carbocycles. The summed E-state index contributed by atoms with van der Waals surface area (Å²) < 4.78 is 1.30. The van der Waals surface area contributed by atoms with Crippen LogP contribution in [0.1, 0.15) is 49.9 Å². The van der Waals surface area contributed by atoms with Crippen LogP contribution in [0.3, 0.4) is 0 Å². The molecule has 0 aliphatic rings. The Labute approximate surface area is 142 Å². The Kier molecular flexibility index (Phi) is 5.44. The smallest absolute Gasteiger partial charge is 0.0584 e.